The molecule has 6 aromatic rings. The van der Waals surface area contributed by atoms with Gasteiger partial charge in [-0.15, -0.1) is 16.4 Å². The van der Waals surface area contributed by atoms with Gasteiger partial charge in [-0.25, -0.2) is 4.99 Å². The predicted octanol–water partition coefficient (Wildman–Crippen LogP) is 15.8. The molecule has 0 unspecified atom stereocenters. The Bertz CT molecular complexity index is 3480. The summed E-state index contributed by atoms with van der Waals surface area (Å²) in [4.78, 5) is 30.5. The number of ketones is 1. The number of allylic oxidation sites excluding steroid dienone is 4. The van der Waals surface area contributed by atoms with E-state index in [0.29, 0.717) is 11.4 Å². The number of hydrogen-bond donors (Lipinski definition) is 1. The van der Waals surface area contributed by atoms with E-state index in [9.17, 15) is 0 Å². The van der Waals surface area contributed by atoms with Gasteiger partial charge in [0.1, 0.15) is 0 Å². The Labute approximate surface area is 472 Å². The summed E-state index contributed by atoms with van der Waals surface area (Å²) in [5.41, 5.74) is 18.2. The molecule has 7 heteroatoms. The van der Waals surface area contributed by atoms with Crippen molar-refractivity contribution in [2.24, 2.45) is 4.99 Å². The first kappa shape index (κ1) is 55.8. The summed E-state index contributed by atoms with van der Waals surface area (Å²) in [5, 5.41) is 7.15. The van der Waals surface area contributed by atoms with E-state index in [1.165, 1.54) is 33.4 Å². The number of nitrogens with one attached hydrogen (secondary N) is 1. The molecule has 0 fully saturated rings. The smallest absolute Gasteiger partial charge is 0.657 e. The third-order valence-electron chi connectivity index (χ3n) is 14.7. The Kier molecular flexibility index (Phi) is 14.5. The average molecular weight is 1150 g/mol. The minimum atomic E-state index is -0.170. The molecule has 0 amide bonds. The molecule has 1 radical (unpaired) electrons. The number of H-pyrrole nitrogens is 1. The molecule has 0 saturated carbocycles. The number of fused-ring (bicyclic) bond motifs is 7. The van der Waals surface area contributed by atoms with E-state index >= 15 is 4.79 Å². The van der Waals surface area contributed by atoms with Crippen LogP contribution in [0.5, 0.6) is 0 Å². The number of halogens is 1. The van der Waals surface area contributed by atoms with Crippen molar-refractivity contribution in [3.8, 4) is 0 Å². The fourth-order valence-electron chi connectivity index (χ4n) is 9.92. The SMILES string of the molecule is CC(C)(C)c1cc(C2=C3[N-]C(=CC3=O)C(c3ccc(I)cc3)=C3C=CC(=N3)C(c3cc(C(C)(C)C)cc(C(C)(C)C)c3)=c3ccc([n-]3)=C(c3cc(C(C)(C)C)cc(C(C)(C)C)c3)c3ccc2[nH]3)cc(C(C)(C)C)c1.[Cu+2]. The molecule has 391 valence electrons. The Balaban J connectivity index is 0.00000747. The van der Waals surface area contributed by atoms with Crippen molar-refractivity contribution in [3.05, 3.63) is 225 Å². The van der Waals surface area contributed by atoms with Crippen molar-refractivity contribution in [1.29, 1.82) is 0 Å². The predicted molar refractivity (Wildman–Crippen MR) is 321 cm³/mol. The second-order valence-electron chi connectivity index (χ2n) is 27.0. The zero-order valence-corrected chi connectivity index (χ0v) is 50.6. The molecule has 0 spiro atoms. The van der Waals surface area contributed by atoms with Gasteiger partial charge in [-0.2, -0.15) is 0 Å². The van der Waals surface area contributed by atoms with Gasteiger partial charge >= 0.3 is 17.1 Å². The Morgan fingerprint density at radius 3 is 1.25 bits per heavy atom. The maximum Gasteiger partial charge on any atom is 2.00 e. The van der Waals surface area contributed by atoms with Crippen LogP contribution in [0, 0.1) is 3.57 Å². The van der Waals surface area contributed by atoms with Crippen molar-refractivity contribution in [3.63, 3.8) is 0 Å². The quantitative estimate of drug-likeness (QED) is 0.141. The summed E-state index contributed by atoms with van der Waals surface area (Å²) in [5.74, 6) is -0.150. The van der Waals surface area contributed by atoms with Gasteiger partial charge in [0, 0.05) is 15.0 Å². The molecule has 4 aromatic carbocycles. The molecule has 3 aliphatic rings. The normalized spacial score (nSPS) is 15.6. The van der Waals surface area contributed by atoms with Crippen LogP contribution in [-0.4, -0.2) is 16.5 Å². The van der Waals surface area contributed by atoms with E-state index in [0.717, 1.165) is 81.6 Å². The zero-order chi connectivity index (χ0) is 53.8. The van der Waals surface area contributed by atoms with Crippen LogP contribution in [0.15, 0.2) is 143 Å². The first-order valence-electron chi connectivity index (χ1n) is 26.3. The van der Waals surface area contributed by atoms with Gasteiger partial charge in [0.05, 0.1) is 11.4 Å². The van der Waals surface area contributed by atoms with E-state index in [1.807, 2.05) is 0 Å². The molecule has 1 N–H and O–H groups in total. The second kappa shape index (κ2) is 19.5. The maximum absolute atomic E-state index is 15.2. The molecular formula is C68H75CuIN4O. The number of aliphatic imine (C=N–C) groups is 1. The van der Waals surface area contributed by atoms with Crippen LogP contribution in [-0.2, 0) is 54.4 Å². The number of hydrogen-bond acceptors (Lipinski definition) is 2. The van der Waals surface area contributed by atoms with Gasteiger partial charge < -0.3 is 15.3 Å². The molecule has 2 aromatic heterocycles. The Morgan fingerprint density at radius 2 is 0.827 bits per heavy atom. The molecule has 3 aliphatic heterocycles. The number of aromatic nitrogens is 2. The summed E-state index contributed by atoms with van der Waals surface area (Å²) < 4.78 is 1.11. The van der Waals surface area contributed by atoms with Gasteiger partial charge in [-0.05, 0) is 176 Å². The van der Waals surface area contributed by atoms with E-state index in [4.69, 9.17) is 15.3 Å². The number of aromatic amines is 1. The number of benzene rings is 4. The van der Waals surface area contributed by atoms with Gasteiger partial charge in [0.15, 0.2) is 5.78 Å². The van der Waals surface area contributed by atoms with Gasteiger partial charge in [-0.1, -0.05) is 209 Å². The first-order valence-corrected chi connectivity index (χ1v) is 27.4. The molecule has 8 bridgehead atoms. The van der Waals surface area contributed by atoms with E-state index < -0.39 is 0 Å². The monoisotopic (exact) mass is 1150 g/mol. The van der Waals surface area contributed by atoms with Crippen LogP contribution in [0.25, 0.3) is 27.6 Å². The molecule has 0 aliphatic carbocycles. The van der Waals surface area contributed by atoms with E-state index in [-0.39, 0.29) is 55.3 Å². The van der Waals surface area contributed by atoms with E-state index in [1.54, 1.807) is 6.08 Å². The van der Waals surface area contributed by atoms with Crippen molar-refractivity contribution < 1.29 is 21.9 Å². The van der Waals surface area contributed by atoms with Crippen LogP contribution in [0.2, 0.25) is 0 Å². The maximum atomic E-state index is 15.2. The molecular weight excluding hydrogens is 1080 g/mol. The summed E-state index contributed by atoms with van der Waals surface area (Å²) >= 11 is 2.35. The number of carbonyl (C=O) groups is 1. The summed E-state index contributed by atoms with van der Waals surface area (Å²) in [6.07, 6.45) is 5.94. The third kappa shape index (κ3) is 11.3. The van der Waals surface area contributed by atoms with Crippen molar-refractivity contribution in [1.82, 2.24) is 9.97 Å². The molecule has 9 rings (SSSR count). The van der Waals surface area contributed by atoms with Crippen LogP contribution in [0.3, 0.4) is 0 Å². The number of carbonyl (C=O) groups excluding carboxylic acids is 1. The fraction of sp³-hybridized carbons (Fsp3) is 0.353. The molecule has 0 atom stereocenters. The average Bonchev–Trinajstić information content (AvgIpc) is 4.13. The summed E-state index contributed by atoms with van der Waals surface area (Å²) in [6, 6.07) is 38.1. The Morgan fingerprint density at radius 1 is 0.440 bits per heavy atom. The summed E-state index contributed by atoms with van der Waals surface area (Å²) in [7, 11) is 0. The van der Waals surface area contributed by atoms with Crippen LogP contribution in [0.4, 0.5) is 0 Å². The second-order valence-corrected chi connectivity index (χ2v) is 28.2. The minimum Gasteiger partial charge on any atom is -0.657 e. The standard InChI is InChI=1S/C68H76IN4O.Cu/c1-63(2,3)43-29-40(30-44(35-43)64(4,5)6)59-51-24-23-50(70-51)58(39-19-21-49(69)22-20-39)56-38-57(74)62(73-56)61(42-33-47(67(13,14)15)37-48(34-42)68(16,17)18)55-28-27-54(72-55)60(53-26-25-52(59)71-53)41-31-45(65(7,8)9)36-46(32-41)66(10,11)12;/h19-38H,1-18H3,(H2-,70,71,72,73,74);/q-1;+2/p-1. The van der Waals surface area contributed by atoms with Crippen LogP contribution in [0.1, 0.15) is 192 Å². The van der Waals surface area contributed by atoms with Crippen molar-refractivity contribution in [2.75, 3.05) is 0 Å². The van der Waals surface area contributed by atoms with Gasteiger partial charge in [0.2, 0.25) is 0 Å². The minimum absolute atomic E-state index is 0. The zero-order valence-electron chi connectivity index (χ0n) is 47.5. The van der Waals surface area contributed by atoms with E-state index in [2.05, 4.69) is 267 Å². The topological polar surface area (TPSA) is 73.4 Å². The van der Waals surface area contributed by atoms with Gasteiger partial charge in [-0.3, -0.25) is 4.79 Å². The number of nitrogens with zero attached hydrogens (tertiary/aromatic N) is 3. The van der Waals surface area contributed by atoms with Crippen molar-refractivity contribution in [2.45, 2.75) is 157 Å². The molecule has 5 heterocycles. The first-order chi connectivity index (χ1) is 34.2. The largest absolute Gasteiger partial charge is 2.00 e. The summed E-state index contributed by atoms with van der Waals surface area (Å²) in [6.45, 7) is 40.9. The van der Waals surface area contributed by atoms with Crippen molar-refractivity contribution >= 4 is 56.4 Å². The van der Waals surface area contributed by atoms with Crippen LogP contribution >= 0.6 is 22.6 Å². The van der Waals surface area contributed by atoms with Crippen LogP contribution < -0.4 is 15.7 Å². The van der Waals surface area contributed by atoms with Gasteiger partial charge in [0.25, 0.3) is 0 Å². The number of rotatable bonds is 4. The fourth-order valence-corrected chi connectivity index (χ4v) is 10.3. The Hall–Kier alpha value is -5.47. The molecule has 5 nitrogen and oxygen atoms in total. The molecule has 0 saturated heterocycles. The molecule has 75 heavy (non-hydrogen) atoms. The third-order valence-corrected chi connectivity index (χ3v) is 15.5.